The third-order valence-electron chi connectivity index (χ3n) is 2.18. The molecule has 0 aliphatic heterocycles. The molecule has 6 heteroatoms. The Morgan fingerprint density at radius 3 is 2.84 bits per heavy atom. The molecule has 0 heterocycles. The quantitative estimate of drug-likeness (QED) is 0.588. The van der Waals surface area contributed by atoms with Crippen LogP contribution in [0.4, 0.5) is 0 Å². The van der Waals surface area contributed by atoms with Crippen LogP contribution in [0.5, 0.6) is 0 Å². The molecule has 0 saturated heterocycles. The zero-order chi connectivity index (χ0) is 14.3. The van der Waals surface area contributed by atoms with E-state index in [1.807, 2.05) is 0 Å². The number of hydrogen-bond acceptors (Lipinski definition) is 3. The van der Waals surface area contributed by atoms with E-state index in [2.05, 4.69) is 22.5 Å². The molecule has 0 aliphatic rings. The average molecular weight is 278 g/mol. The molecule has 0 fully saturated rings. The van der Waals surface area contributed by atoms with Crippen molar-refractivity contribution in [1.82, 2.24) is 10.0 Å². The van der Waals surface area contributed by atoms with Gasteiger partial charge in [-0.3, -0.25) is 4.79 Å². The lowest BCUT2D eigenvalue weighted by atomic mass is 10.2. The molecule has 1 aromatic rings. The fourth-order valence-electron chi connectivity index (χ4n) is 1.29. The van der Waals surface area contributed by atoms with Gasteiger partial charge in [-0.05, 0) is 18.2 Å². The number of benzene rings is 1. The Balaban J connectivity index is 2.97. The van der Waals surface area contributed by atoms with Gasteiger partial charge < -0.3 is 5.32 Å². The molecule has 0 aliphatic carbocycles. The van der Waals surface area contributed by atoms with E-state index < -0.39 is 15.9 Å². The van der Waals surface area contributed by atoms with Gasteiger partial charge in [-0.2, -0.15) is 0 Å². The minimum atomic E-state index is -3.64. The highest BCUT2D eigenvalue weighted by atomic mass is 32.2. The smallest absolute Gasteiger partial charge is 0.252 e. The van der Waals surface area contributed by atoms with Crippen LogP contribution in [0.2, 0.25) is 0 Å². The minimum Gasteiger partial charge on any atom is -0.341 e. The summed E-state index contributed by atoms with van der Waals surface area (Å²) in [5, 5.41) is 2.46. The van der Waals surface area contributed by atoms with Crippen LogP contribution in [0.3, 0.4) is 0 Å². The predicted molar refractivity (Wildman–Crippen MR) is 73.0 cm³/mol. The van der Waals surface area contributed by atoms with Crippen molar-refractivity contribution < 1.29 is 13.2 Å². The Hall–Kier alpha value is -2.10. The van der Waals surface area contributed by atoms with Crippen molar-refractivity contribution >= 4 is 15.9 Å². The van der Waals surface area contributed by atoms with E-state index in [1.54, 1.807) is 0 Å². The van der Waals surface area contributed by atoms with Gasteiger partial charge in [0.1, 0.15) is 0 Å². The third kappa shape index (κ3) is 4.25. The van der Waals surface area contributed by atoms with Crippen molar-refractivity contribution in [3.8, 4) is 12.3 Å². The lowest BCUT2D eigenvalue weighted by molar-refractivity contribution is 0.0958. The Labute approximate surface area is 112 Å². The highest BCUT2D eigenvalue weighted by Gasteiger charge is 2.14. The number of sulfonamides is 1. The molecule has 5 nitrogen and oxygen atoms in total. The molecule has 0 saturated carbocycles. The minimum absolute atomic E-state index is 0.0164. The summed E-state index contributed by atoms with van der Waals surface area (Å²) in [5.41, 5.74) is 0.233. The zero-order valence-electron chi connectivity index (χ0n) is 10.2. The number of rotatable bonds is 6. The van der Waals surface area contributed by atoms with Crippen LogP contribution < -0.4 is 10.0 Å². The van der Waals surface area contributed by atoms with Crippen molar-refractivity contribution in [2.75, 3.05) is 13.1 Å². The van der Waals surface area contributed by atoms with E-state index >= 15 is 0 Å². The molecule has 0 spiro atoms. The molecule has 1 rings (SSSR count). The molecule has 100 valence electrons. The lowest BCUT2D eigenvalue weighted by Gasteiger charge is -2.07. The molecular weight excluding hydrogens is 264 g/mol. The molecule has 0 bridgehead atoms. The monoisotopic (exact) mass is 278 g/mol. The SMILES string of the molecule is C#CCNC(=O)c1cccc(S(=O)(=O)NCC=C)c1. The van der Waals surface area contributed by atoms with Gasteiger partial charge in [0.25, 0.3) is 5.91 Å². The first-order valence-corrected chi connectivity index (χ1v) is 6.92. The van der Waals surface area contributed by atoms with Gasteiger partial charge in [0.05, 0.1) is 11.4 Å². The number of carbonyl (C=O) groups excluding carboxylic acids is 1. The maximum Gasteiger partial charge on any atom is 0.252 e. The fourth-order valence-corrected chi connectivity index (χ4v) is 2.33. The van der Waals surface area contributed by atoms with Crippen LogP contribution in [0.1, 0.15) is 10.4 Å². The Morgan fingerprint density at radius 1 is 1.47 bits per heavy atom. The van der Waals surface area contributed by atoms with Crippen molar-refractivity contribution in [3.63, 3.8) is 0 Å². The largest absolute Gasteiger partial charge is 0.341 e. The first-order valence-electron chi connectivity index (χ1n) is 5.43. The first-order chi connectivity index (χ1) is 9.01. The number of hydrogen-bond donors (Lipinski definition) is 2. The van der Waals surface area contributed by atoms with Crippen molar-refractivity contribution in [2.45, 2.75) is 4.90 Å². The highest BCUT2D eigenvalue weighted by Crippen LogP contribution is 2.11. The predicted octanol–water partition coefficient (Wildman–Crippen LogP) is 0.514. The van der Waals surface area contributed by atoms with Crippen LogP contribution in [0.15, 0.2) is 41.8 Å². The second-order valence-electron chi connectivity index (χ2n) is 3.56. The summed E-state index contributed by atoms with van der Waals surface area (Å²) in [6.07, 6.45) is 6.46. The Bertz CT molecular complexity index is 615. The number of carbonyl (C=O) groups is 1. The van der Waals surface area contributed by atoms with Crippen LogP contribution in [-0.2, 0) is 10.0 Å². The molecule has 0 unspecified atom stereocenters. The summed E-state index contributed by atoms with van der Waals surface area (Å²) >= 11 is 0. The molecular formula is C13H14N2O3S. The Morgan fingerprint density at radius 2 is 2.21 bits per heavy atom. The van der Waals surface area contributed by atoms with Gasteiger partial charge >= 0.3 is 0 Å². The lowest BCUT2D eigenvalue weighted by Crippen LogP contribution is -2.26. The van der Waals surface area contributed by atoms with E-state index in [4.69, 9.17) is 6.42 Å². The standard InChI is InChI=1S/C13H14N2O3S/c1-3-8-14-13(16)11-6-5-7-12(10-11)19(17,18)15-9-4-2/h1,4-7,10,15H,2,8-9H2,(H,14,16). The van der Waals surface area contributed by atoms with Gasteiger partial charge in [-0.15, -0.1) is 13.0 Å². The summed E-state index contributed by atoms with van der Waals surface area (Å²) in [5.74, 6) is 1.85. The second-order valence-corrected chi connectivity index (χ2v) is 5.32. The van der Waals surface area contributed by atoms with Gasteiger partial charge in [-0.25, -0.2) is 13.1 Å². The van der Waals surface area contributed by atoms with Gasteiger partial charge in [-0.1, -0.05) is 18.1 Å². The Kier molecular flexibility index (Phi) is 5.30. The number of nitrogens with one attached hydrogen (secondary N) is 2. The van der Waals surface area contributed by atoms with E-state index in [1.165, 1.54) is 30.3 Å². The number of terminal acetylenes is 1. The van der Waals surface area contributed by atoms with E-state index in [-0.39, 0.29) is 23.5 Å². The first kappa shape index (κ1) is 15.0. The van der Waals surface area contributed by atoms with Crippen molar-refractivity contribution in [2.24, 2.45) is 0 Å². The van der Waals surface area contributed by atoms with Crippen LogP contribution in [0.25, 0.3) is 0 Å². The average Bonchev–Trinajstić information content (AvgIpc) is 2.42. The fraction of sp³-hybridized carbons (Fsp3) is 0.154. The normalized spacial score (nSPS) is 10.5. The van der Waals surface area contributed by atoms with Gasteiger partial charge in [0, 0.05) is 12.1 Å². The van der Waals surface area contributed by atoms with Gasteiger partial charge in [0.2, 0.25) is 10.0 Å². The van der Waals surface area contributed by atoms with Crippen molar-refractivity contribution in [1.29, 1.82) is 0 Å². The van der Waals surface area contributed by atoms with E-state index in [9.17, 15) is 13.2 Å². The summed E-state index contributed by atoms with van der Waals surface area (Å²) in [6, 6.07) is 5.70. The van der Waals surface area contributed by atoms with E-state index in [0.717, 1.165) is 0 Å². The molecule has 1 aromatic carbocycles. The van der Waals surface area contributed by atoms with Crippen molar-refractivity contribution in [3.05, 3.63) is 42.5 Å². The van der Waals surface area contributed by atoms with Crippen LogP contribution >= 0.6 is 0 Å². The molecule has 0 aromatic heterocycles. The molecule has 0 radical (unpaired) electrons. The summed E-state index contributed by atoms with van der Waals surface area (Å²) in [7, 11) is -3.64. The van der Waals surface area contributed by atoms with Crippen LogP contribution in [0, 0.1) is 12.3 Å². The molecule has 2 N–H and O–H groups in total. The zero-order valence-corrected chi connectivity index (χ0v) is 11.0. The van der Waals surface area contributed by atoms with Gasteiger partial charge in [0.15, 0.2) is 0 Å². The molecule has 0 atom stereocenters. The molecule has 1 amide bonds. The van der Waals surface area contributed by atoms with Crippen LogP contribution in [-0.4, -0.2) is 27.4 Å². The third-order valence-corrected chi connectivity index (χ3v) is 3.60. The summed E-state index contributed by atoms with van der Waals surface area (Å²) in [6.45, 7) is 3.64. The van der Waals surface area contributed by atoms with E-state index in [0.29, 0.717) is 0 Å². The number of amides is 1. The molecule has 19 heavy (non-hydrogen) atoms. The topological polar surface area (TPSA) is 75.3 Å². The second kappa shape index (κ2) is 6.73. The summed E-state index contributed by atoms with van der Waals surface area (Å²) in [4.78, 5) is 11.7. The summed E-state index contributed by atoms with van der Waals surface area (Å²) < 4.78 is 26.0. The maximum absolute atomic E-state index is 11.9. The maximum atomic E-state index is 11.9. The highest BCUT2D eigenvalue weighted by molar-refractivity contribution is 7.89.